The molecule has 1 N–H and O–H groups in total. The third-order valence-electron chi connectivity index (χ3n) is 3.29. The molecular weight excluding hydrogens is 292 g/mol. The number of nitrogens with zero attached hydrogens (tertiary/aromatic N) is 3. The molecule has 1 amide bonds. The number of aromatic nitrogens is 3. The summed E-state index contributed by atoms with van der Waals surface area (Å²) in [6, 6.07) is 6.93. The third-order valence-corrected chi connectivity index (χ3v) is 3.29. The fourth-order valence-corrected chi connectivity index (χ4v) is 2.18. The Morgan fingerprint density at radius 2 is 2.13 bits per heavy atom. The van der Waals surface area contributed by atoms with Crippen LogP contribution < -0.4 is 10.9 Å². The van der Waals surface area contributed by atoms with E-state index < -0.39 is 0 Å². The monoisotopic (exact) mass is 314 g/mol. The fourth-order valence-electron chi connectivity index (χ4n) is 2.18. The SMILES string of the molecule is CC(C)CC(=O)NCCCn1nc(-c2cccnc2)ccc1=O. The molecule has 0 fully saturated rings. The van der Waals surface area contributed by atoms with Crippen LogP contribution in [0, 0.1) is 5.92 Å². The number of hydrogen-bond donors (Lipinski definition) is 1. The highest BCUT2D eigenvalue weighted by Gasteiger charge is 2.05. The predicted octanol–water partition coefficient (Wildman–Crippen LogP) is 1.86. The molecule has 0 saturated carbocycles. The minimum Gasteiger partial charge on any atom is -0.356 e. The second-order valence-electron chi connectivity index (χ2n) is 5.82. The summed E-state index contributed by atoms with van der Waals surface area (Å²) in [5.74, 6) is 0.389. The minimum absolute atomic E-state index is 0.0458. The van der Waals surface area contributed by atoms with Gasteiger partial charge >= 0.3 is 0 Å². The minimum atomic E-state index is -0.147. The van der Waals surface area contributed by atoms with Crippen LogP contribution >= 0.6 is 0 Å². The summed E-state index contributed by atoms with van der Waals surface area (Å²) < 4.78 is 1.43. The standard InChI is InChI=1S/C17H22N4O2/c1-13(2)11-16(22)19-9-4-10-21-17(23)7-6-15(20-21)14-5-3-8-18-12-14/h3,5-8,12-13H,4,9-11H2,1-2H3,(H,19,22). The molecule has 23 heavy (non-hydrogen) atoms. The topological polar surface area (TPSA) is 76.9 Å². The van der Waals surface area contributed by atoms with Crippen molar-refractivity contribution in [1.29, 1.82) is 0 Å². The van der Waals surface area contributed by atoms with Gasteiger partial charge in [-0.15, -0.1) is 0 Å². The van der Waals surface area contributed by atoms with Gasteiger partial charge in [-0.1, -0.05) is 13.8 Å². The molecule has 0 atom stereocenters. The number of aryl methyl sites for hydroxylation is 1. The Balaban J connectivity index is 1.93. The molecular formula is C17H22N4O2. The Bertz CT molecular complexity index is 695. The van der Waals surface area contributed by atoms with E-state index in [1.807, 2.05) is 26.0 Å². The van der Waals surface area contributed by atoms with E-state index in [0.29, 0.717) is 37.5 Å². The second-order valence-corrected chi connectivity index (χ2v) is 5.82. The van der Waals surface area contributed by atoms with Crippen molar-refractivity contribution in [3.63, 3.8) is 0 Å². The highest BCUT2D eigenvalue weighted by Crippen LogP contribution is 2.12. The number of nitrogens with one attached hydrogen (secondary N) is 1. The molecule has 0 unspecified atom stereocenters. The first-order valence-corrected chi connectivity index (χ1v) is 7.81. The van der Waals surface area contributed by atoms with Crippen molar-refractivity contribution in [2.45, 2.75) is 33.2 Å². The van der Waals surface area contributed by atoms with Crippen LogP contribution in [0.3, 0.4) is 0 Å². The largest absolute Gasteiger partial charge is 0.356 e. The van der Waals surface area contributed by atoms with Gasteiger partial charge in [-0.2, -0.15) is 5.10 Å². The van der Waals surface area contributed by atoms with Crippen LogP contribution in [0.25, 0.3) is 11.3 Å². The summed E-state index contributed by atoms with van der Waals surface area (Å²) in [4.78, 5) is 27.5. The van der Waals surface area contributed by atoms with Gasteiger partial charge in [0.2, 0.25) is 5.91 Å². The molecule has 0 saturated heterocycles. The van der Waals surface area contributed by atoms with Crippen LogP contribution in [0.2, 0.25) is 0 Å². The Labute approximate surface area is 135 Å². The van der Waals surface area contributed by atoms with Gasteiger partial charge in [-0.25, -0.2) is 4.68 Å². The first-order chi connectivity index (χ1) is 11.1. The van der Waals surface area contributed by atoms with Gasteiger partial charge in [0.1, 0.15) is 0 Å². The average Bonchev–Trinajstić information content (AvgIpc) is 2.53. The predicted molar refractivity (Wildman–Crippen MR) is 88.8 cm³/mol. The first kappa shape index (κ1) is 16.9. The quantitative estimate of drug-likeness (QED) is 0.791. The summed E-state index contributed by atoms with van der Waals surface area (Å²) in [6.07, 6.45) is 4.59. The Hall–Kier alpha value is -2.50. The molecule has 2 heterocycles. The Morgan fingerprint density at radius 1 is 1.30 bits per heavy atom. The van der Waals surface area contributed by atoms with Crippen molar-refractivity contribution in [2.24, 2.45) is 5.92 Å². The van der Waals surface area contributed by atoms with Gasteiger partial charge in [0.25, 0.3) is 5.56 Å². The molecule has 2 rings (SSSR count). The zero-order valence-electron chi connectivity index (χ0n) is 13.5. The van der Waals surface area contributed by atoms with Gasteiger partial charge in [-0.3, -0.25) is 14.6 Å². The Kier molecular flexibility index (Phi) is 6.02. The first-order valence-electron chi connectivity index (χ1n) is 7.81. The van der Waals surface area contributed by atoms with Crippen molar-refractivity contribution in [1.82, 2.24) is 20.1 Å². The van der Waals surface area contributed by atoms with E-state index in [1.165, 1.54) is 10.7 Å². The molecule has 0 aliphatic carbocycles. The van der Waals surface area contributed by atoms with Crippen molar-refractivity contribution in [3.05, 3.63) is 47.0 Å². The van der Waals surface area contributed by atoms with Crippen LogP contribution in [0.4, 0.5) is 0 Å². The smallest absolute Gasteiger partial charge is 0.266 e. The van der Waals surface area contributed by atoms with E-state index in [9.17, 15) is 9.59 Å². The number of hydrogen-bond acceptors (Lipinski definition) is 4. The van der Waals surface area contributed by atoms with Crippen molar-refractivity contribution in [3.8, 4) is 11.3 Å². The van der Waals surface area contributed by atoms with E-state index in [-0.39, 0.29) is 11.5 Å². The van der Waals surface area contributed by atoms with Crippen LogP contribution in [-0.2, 0) is 11.3 Å². The molecule has 0 bridgehead atoms. The molecule has 6 nitrogen and oxygen atoms in total. The maximum Gasteiger partial charge on any atom is 0.266 e. The zero-order chi connectivity index (χ0) is 16.7. The summed E-state index contributed by atoms with van der Waals surface area (Å²) in [5, 5.41) is 7.22. The Morgan fingerprint density at radius 3 is 2.83 bits per heavy atom. The van der Waals surface area contributed by atoms with Gasteiger partial charge in [0.05, 0.1) is 5.69 Å². The van der Waals surface area contributed by atoms with Crippen LogP contribution in [0.5, 0.6) is 0 Å². The lowest BCUT2D eigenvalue weighted by atomic mass is 10.1. The van der Waals surface area contributed by atoms with Gasteiger partial charge in [0, 0.05) is 43.5 Å². The molecule has 2 aromatic rings. The maximum atomic E-state index is 11.9. The zero-order valence-corrected chi connectivity index (χ0v) is 13.5. The lowest BCUT2D eigenvalue weighted by Crippen LogP contribution is -2.28. The highest BCUT2D eigenvalue weighted by atomic mass is 16.1. The van der Waals surface area contributed by atoms with Crippen molar-refractivity contribution >= 4 is 5.91 Å². The summed E-state index contributed by atoms with van der Waals surface area (Å²) in [6.45, 7) is 5.02. The molecule has 6 heteroatoms. The summed E-state index contributed by atoms with van der Waals surface area (Å²) in [7, 11) is 0. The molecule has 0 aromatic carbocycles. The van der Waals surface area contributed by atoms with Gasteiger partial charge in [-0.05, 0) is 30.5 Å². The summed E-state index contributed by atoms with van der Waals surface area (Å²) in [5.41, 5.74) is 1.43. The molecule has 0 aliphatic rings. The normalized spacial score (nSPS) is 10.7. The van der Waals surface area contributed by atoms with Gasteiger partial charge < -0.3 is 5.32 Å². The third kappa shape index (κ3) is 5.32. The molecule has 0 aliphatic heterocycles. The lowest BCUT2D eigenvalue weighted by molar-refractivity contribution is -0.121. The lowest BCUT2D eigenvalue weighted by Gasteiger charge is -2.09. The summed E-state index contributed by atoms with van der Waals surface area (Å²) >= 11 is 0. The molecule has 2 aromatic heterocycles. The van der Waals surface area contributed by atoms with Crippen molar-refractivity contribution < 1.29 is 4.79 Å². The average molecular weight is 314 g/mol. The van der Waals surface area contributed by atoms with E-state index in [2.05, 4.69) is 15.4 Å². The van der Waals surface area contributed by atoms with E-state index >= 15 is 0 Å². The number of carbonyl (C=O) groups excluding carboxylic acids is 1. The number of carbonyl (C=O) groups is 1. The van der Waals surface area contributed by atoms with Crippen LogP contribution in [-0.4, -0.2) is 27.2 Å². The van der Waals surface area contributed by atoms with E-state index in [0.717, 1.165) is 5.56 Å². The van der Waals surface area contributed by atoms with Crippen molar-refractivity contribution in [2.75, 3.05) is 6.54 Å². The number of rotatable bonds is 7. The van der Waals surface area contributed by atoms with Gasteiger partial charge in [0.15, 0.2) is 0 Å². The van der Waals surface area contributed by atoms with Crippen LogP contribution in [0.1, 0.15) is 26.7 Å². The fraction of sp³-hybridized carbons (Fsp3) is 0.412. The molecule has 0 radical (unpaired) electrons. The van der Waals surface area contributed by atoms with Crippen LogP contribution in [0.15, 0.2) is 41.5 Å². The maximum absolute atomic E-state index is 11.9. The number of pyridine rings is 1. The van der Waals surface area contributed by atoms with E-state index in [4.69, 9.17) is 0 Å². The van der Waals surface area contributed by atoms with E-state index in [1.54, 1.807) is 18.5 Å². The number of amides is 1. The highest BCUT2D eigenvalue weighted by molar-refractivity contribution is 5.75. The second kappa shape index (κ2) is 8.22. The molecule has 0 spiro atoms. The molecule has 122 valence electrons.